The van der Waals surface area contributed by atoms with E-state index in [4.69, 9.17) is 4.74 Å². The summed E-state index contributed by atoms with van der Waals surface area (Å²) in [5, 5.41) is 14.5. The first kappa shape index (κ1) is 30.1. The predicted octanol–water partition coefficient (Wildman–Crippen LogP) is 4.81. The average molecular weight is 543 g/mol. The number of nitrogens with zero attached hydrogens (tertiary/aromatic N) is 1. The van der Waals surface area contributed by atoms with Crippen molar-refractivity contribution >= 4 is 17.8 Å². The van der Waals surface area contributed by atoms with Crippen LogP contribution in [-0.4, -0.2) is 60.1 Å². The topological polar surface area (TPSA) is 95.9 Å². The Morgan fingerprint density at radius 3 is 2.56 bits per heavy atom. The molecule has 7 heteroatoms. The van der Waals surface area contributed by atoms with Crippen LogP contribution in [0.1, 0.15) is 92.9 Å². The van der Waals surface area contributed by atoms with Gasteiger partial charge in [-0.2, -0.15) is 0 Å². The van der Waals surface area contributed by atoms with Gasteiger partial charge in [0.2, 0.25) is 5.91 Å². The molecule has 2 amide bonds. The molecule has 0 spiro atoms. The van der Waals surface area contributed by atoms with Crippen molar-refractivity contribution in [2.24, 2.45) is 45.8 Å². The van der Waals surface area contributed by atoms with E-state index in [1.165, 1.54) is 0 Å². The van der Waals surface area contributed by atoms with Crippen molar-refractivity contribution in [1.29, 1.82) is 0 Å². The minimum Gasteiger partial charge on any atom is -0.445 e. The third-order valence-electron chi connectivity index (χ3n) is 11.7. The van der Waals surface area contributed by atoms with Gasteiger partial charge in [-0.25, -0.2) is 4.79 Å². The summed E-state index contributed by atoms with van der Waals surface area (Å²) in [5.41, 5.74) is -1.55. The molecule has 7 nitrogen and oxygen atoms in total. The lowest BCUT2D eigenvalue weighted by Crippen LogP contribution is -2.63. The molecule has 2 N–H and O–H groups in total. The van der Waals surface area contributed by atoms with Gasteiger partial charge in [0, 0.05) is 42.6 Å². The minimum absolute atomic E-state index is 0.0738. The average Bonchev–Trinajstić information content (AvgIpc) is 3.24. The van der Waals surface area contributed by atoms with Gasteiger partial charge in [-0.05, 0) is 68.9 Å². The number of likely N-dealkylation sites (tertiary alicyclic amines) is 1. The second kappa shape index (κ2) is 11.2. The molecule has 0 aromatic rings. The van der Waals surface area contributed by atoms with Crippen LogP contribution in [0.25, 0.3) is 0 Å². The number of aliphatic hydroxyl groups excluding tert-OH is 1. The van der Waals surface area contributed by atoms with Crippen molar-refractivity contribution in [3.63, 3.8) is 0 Å². The Kier molecular flexibility index (Phi) is 8.60. The van der Waals surface area contributed by atoms with Gasteiger partial charge in [-0.15, -0.1) is 11.8 Å². The maximum absolute atomic E-state index is 13.6. The summed E-state index contributed by atoms with van der Waals surface area (Å²) < 4.78 is 6.25. The highest BCUT2D eigenvalue weighted by molar-refractivity contribution is 5.93. The summed E-state index contributed by atoms with van der Waals surface area (Å²) in [4.78, 5) is 42.3. The van der Waals surface area contributed by atoms with Crippen LogP contribution in [0, 0.1) is 57.7 Å². The van der Waals surface area contributed by atoms with E-state index in [0.717, 1.165) is 38.6 Å². The molecule has 2 unspecified atom stereocenters. The second-order valence-electron chi connectivity index (χ2n) is 13.9. The molecular formula is C32H50N2O5. The Hall–Kier alpha value is -1.91. The molecule has 1 aliphatic heterocycles. The number of piperidine rings is 1. The van der Waals surface area contributed by atoms with Gasteiger partial charge in [0.25, 0.3) is 0 Å². The third kappa shape index (κ3) is 5.17. The van der Waals surface area contributed by atoms with E-state index in [-0.39, 0.29) is 46.7 Å². The zero-order valence-electron chi connectivity index (χ0n) is 25.1. The number of carbonyl (C=O) groups excluding carboxylic acids is 3. The summed E-state index contributed by atoms with van der Waals surface area (Å²) in [6.07, 6.45) is 3.51. The number of Topliss-reactive ketones (excluding diaryl/α,β-unsaturated/α-hetero) is 1. The van der Waals surface area contributed by atoms with Crippen LogP contribution in [0.2, 0.25) is 0 Å². The van der Waals surface area contributed by atoms with Gasteiger partial charge >= 0.3 is 6.09 Å². The first-order valence-corrected chi connectivity index (χ1v) is 15.2. The lowest BCUT2D eigenvalue weighted by atomic mass is 9.43. The quantitative estimate of drug-likeness (QED) is 0.497. The van der Waals surface area contributed by atoms with Gasteiger partial charge in [0.15, 0.2) is 0 Å². The molecule has 218 valence electrons. The molecule has 3 aliphatic carbocycles. The molecule has 0 aromatic heterocycles. The summed E-state index contributed by atoms with van der Waals surface area (Å²) in [6, 6.07) is 0. The van der Waals surface area contributed by atoms with Gasteiger partial charge in [-0.1, -0.05) is 41.5 Å². The maximum atomic E-state index is 13.6. The van der Waals surface area contributed by atoms with Crippen molar-refractivity contribution in [3.05, 3.63) is 0 Å². The Morgan fingerprint density at radius 2 is 1.87 bits per heavy atom. The predicted molar refractivity (Wildman–Crippen MR) is 150 cm³/mol. The zero-order chi connectivity index (χ0) is 28.8. The number of hydrogen-bond acceptors (Lipinski definition) is 6. The summed E-state index contributed by atoms with van der Waals surface area (Å²) in [6.45, 7) is 14.1. The molecule has 4 rings (SSSR count). The number of rotatable bonds is 3. The fraction of sp³-hybridized carbons (Fsp3) is 0.844. The Labute approximate surface area is 235 Å². The highest BCUT2D eigenvalue weighted by Crippen LogP contribution is 2.68. The standard InChI is InChI=1S/C32H50N2O5/c1-8-9-10-14-30(5)18-25(39-29(38)33-28(37)23-19-34(7)17-13-20(23)2)31(6)21(3)11-15-32(22(4)27(30)36)16-12-24(35)26(31)32/h20-23,25-27,36H,8,11-19H2,1-7H3,(H,33,37,38)/t20-,21+,22-,23-,25+,26?,27-,30+,31-,32?/m0/s1. The number of carbonyl (C=O) groups is 3. The molecule has 1 saturated heterocycles. The van der Waals surface area contributed by atoms with Crippen molar-refractivity contribution < 1.29 is 24.2 Å². The summed E-state index contributed by atoms with van der Waals surface area (Å²) >= 11 is 0. The van der Waals surface area contributed by atoms with Crippen LogP contribution < -0.4 is 5.32 Å². The number of alkyl carbamates (subject to hydrolysis) is 1. The molecule has 4 aliphatic rings. The zero-order valence-corrected chi connectivity index (χ0v) is 25.1. The van der Waals surface area contributed by atoms with Crippen LogP contribution in [-0.2, 0) is 14.3 Å². The fourth-order valence-electron chi connectivity index (χ4n) is 8.85. The smallest absolute Gasteiger partial charge is 0.414 e. The lowest BCUT2D eigenvalue weighted by molar-refractivity contribution is -0.197. The number of amides is 2. The van der Waals surface area contributed by atoms with Crippen LogP contribution in [0.5, 0.6) is 0 Å². The molecule has 0 aromatic carbocycles. The molecule has 10 atom stereocenters. The number of hydrogen-bond donors (Lipinski definition) is 2. The Balaban J connectivity index is 1.69. The number of ether oxygens (including phenoxy) is 1. The normalized spacial score (nSPS) is 44.3. The number of imide groups is 1. The number of ketones is 1. The molecule has 39 heavy (non-hydrogen) atoms. The van der Waals surface area contributed by atoms with Gasteiger partial charge < -0.3 is 14.7 Å². The Morgan fingerprint density at radius 1 is 1.15 bits per heavy atom. The van der Waals surface area contributed by atoms with Crippen LogP contribution in [0.15, 0.2) is 0 Å². The number of aliphatic hydroxyl groups is 1. The van der Waals surface area contributed by atoms with Crippen LogP contribution in [0.4, 0.5) is 4.79 Å². The summed E-state index contributed by atoms with van der Waals surface area (Å²) in [5.74, 6) is 6.03. The maximum Gasteiger partial charge on any atom is 0.414 e. The monoisotopic (exact) mass is 542 g/mol. The fourth-order valence-corrected chi connectivity index (χ4v) is 8.85. The SMILES string of the molecule is CCC#CC[C@]1(C)C[C@@H](OC(=O)NC(=O)[C@H]2CN(C)CC[C@@H]2C)[C@@]2(C)C3C(=O)CCC3(CC[C@H]2C)[C@@H](C)[C@@H]1O. The van der Waals surface area contributed by atoms with Crippen LogP contribution >= 0.6 is 0 Å². The van der Waals surface area contributed by atoms with Crippen molar-refractivity contribution in [2.45, 2.75) is 105 Å². The highest BCUT2D eigenvalue weighted by atomic mass is 16.6. The molecule has 0 radical (unpaired) electrons. The second-order valence-corrected chi connectivity index (χ2v) is 13.9. The van der Waals surface area contributed by atoms with Crippen LogP contribution in [0.3, 0.4) is 0 Å². The highest BCUT2D eigenvalue weighted by Gasteiger charge is 2.68. The lowest BCUT2D eigenvalue weighted by Gasteiger charge is -2.62. The van der Waals surface area contributed by atoms with E-state index in [9.17, 15) is 19.5 Å². The van der Waals surface area contributed by atoms with Gasteiger partial charge in [0.1, 0.15) is 11.9 Å². The molecule has 3 saturated carbocycles. The van der Waals surface area contributed by atoms with E-state index >= 15 is 0 Å². The largest absolute Gasteiger partial charge is 0.445 e. The molecular weight excluding hydrogens is 492 g/mol. The molecule has 1 heterocycles. The third-order valence-corrected chi connectivity index (χ3v) is 11.7. The van der Waals surface area contributed by atoms with E-state index < -0.39 is 29.1 Å². The summed E-state index contributed by atoms with van der Waals surface area (Å²) in [7, 11) is 1.99. The van der Waals surface area contributed by atoms with E-state index in [1.54, 1.807) is 0 Å². The van der Waals surface area contributed by atoms with E-state index in [0.29, 0.717) is 25.8 Å². The van der Waals surface area contributed by atoms with Crippen molar-refractivity contribution in [3.8, 4) is 11.8 Å². The first-order chi connectivity index (χ1) is 18.3. The van der Waals surface area contributed by atoms with Gasteiger partial charge in [-0.3, -0.25) is 14.9 Å². The minimum atomic E-state index is -0.745. The van der Waals surface area contributed by atoms with E-state index in [2.05, 4.69) is 56.7 Å². The molecule has 4 fully saturated rings. The van der Waals surface area contributed by atoms with E-state index in [1.807, 2.05) is 14.0 Å². The number of nitrogens with one attached hydrogen (secondary N) is 1. The van der Waals surface area contributed by atoms with Gasteiger partial charge in [0.05, 0.1) is 12.0 Å². The Bertz CT molecular complexity index is 1030. The van der Waals surface area contributed by atoms with Crippen molar-refractivity contribution in [2.75, 3.05) is 20.1 Å². The molecule has 2 bridgehead atoms. The van der Waals surface area contributed by atoms with Crippen molar-refractivity contribution in [1.82, 2.24) is 10.2 Å². The first-order valence-electron chi connectivity index (χ1n) is 15.2.